The maximum atomic E-state index is 12.2. The van der Waals surface area contributed by atoms with Gasteiger partial charge >= 0.3 is 5.97 Å². The number of benzene rings is 2. The third-order valence-corrected chi connectivity index (χ3v) is 4.68. The van der Waals surface area contributed by atoms with Gasteiger partial charge in [-0.05, 0) is 35.9 Å². The van der Waals surface area contributed by atoms with Crippen molar-refractivity contribution in [2.45, 2.75) is 12.5 Å². The van der Waals surface area contributed by atoms with Gasteiger partial charge in [0.15, 0.2) is 29.0 Å². The van der Waals surface area contributed by atoms with Crippen molar-refractivity contribution in [3.05, 3.63) is 47.0 Å². The molecule has 0 radical (unpaired) electrons. The second-order valence-electron chi connectivity index (χ2n) is 6.15. The van der Waals surface area contributed by atoms with Crippen LogP contribution >= 0.6 is 0 Å². The van der Waals surface area contributed by atoms with Crippen LogP contribution in [-0.4, -0.2) is 45.8 Å². The summed E-state index contributed by atoms with van der Waals surface area (Å²) in [5, 5.41) is 0. The van der Waals surface area contributed by atoms with Crippen LogP contribution in [0.2, 0.25) is 0 Å². The highest BCUT2D eigenvalue weighted by atomic mass is 16.7. The third-order valence-electron chi connectivity index (χ3n) is 4.68. The first kappa shape index (κ1) is 17.2. The first-order valence-corrected chi connectivity index (χ1v) is 8.45. The lowest BCUT2D eigenvalue weighted by Crippen LogP contribution is -2.29. The quantitative estimate of drug-likeness (QED) is 0.770. The van der Waals surface area contributed by atoms with Crippen molar-refractivity contribution in [2.24, 2.45) is 4.99 Å². The van der Waals surface area contributed by atoms with E-state index in [1.54, 1.807) is 14.2 Å². The van der Waals surface area contributed by atoms with Crippen molar-refractivity contribution in [1.29, 1.82) is 0 Å². The van der Waals surface area contributed by atoms with E-state index in [1.807, 2.05) is 30.3 Å². The van der Waals surface area contributed by atoms with Crippen LogP contribution in [-0.2, 0) is 16.0 Å². The Kier molecular flexibility index (Phi) is 4.35. The summed E-state index contributed by atoms with van der Waals surface area (Å²) in [5.41, 5.74) is 3.31. The molecule has 7 nitrogen and oxygen atoms in total. The fourth-order valence-electron chi connectivity index (χ4n) is 3.34. The zero-order valence-corrected chi connectivity index (χ0v) is 15.3. The summed E-state index contributed by atoms with van der Waals surface area (Å²) in [6.07, 6.45) is 0.427. The summed E-state index contributed by atoms with van der Waals surface area (Å²) in [5.74, 6) is 2.16. The van der Waals surface area contributed by atoms with E-state index in [4.69, 9.17) is 23.7 Å². The monoisotopic (exact) mass is 369 g/mol. The highest BCUT2D eigenvalue weighted by molar-refractivity contribution is 6.15. The molecular formula is C20H19NO6. The van der Waals surface area contributed by atoms with Crippen LogP contribution in [0.1, 0.15) is 16.7 Å². The van der Waals surface area contributed by atoms with Gasteiger partial charge < -0.3 is 23.7 Å². The highest BCUT2D eigenvalue weighted by Gasteiger charge is 2.30. The summed E-state index contributed by atoms with van der Waals surface area (Å²) >= 11 is 0. The molecule has 2 aromatic rings. The van der Waals surface area contributed by atoms with Crippen molar-refractivity contribution in [2.75, 3.05) is 28.1 Å². The Morgan fingerprint density at radius 3 is 2.52 bits per heavy atom. The molecule has 7 heteroatoms. The molecule has 0 spiro atoms. The van der Waals surface area contributed by atoms with Crippen LogP contribution in [0.3, 0.4) is 0 Å². The number of nitrogens with zero attached hydrogens (tertiary/aromatic N) is 1. The topological polar surface area (TPSA) is 75.6 Å². The van der Waals surface area contributed by atoms with Crippen LogP contribution in [0.25, 0.3) is 0 Å². The van der Waals surface area contributed by atoms with Crippen molar-refractivity contribution in [3.63, 3.8) is 0 Å². The second kappa shape index (κ2) is 6.83. The Bertz CT molecular complexity index is 936. The van der Waals surface area contributed by atoms with E-state index in [9.17, 15) is 4.79 Å². The maximum Gasteiger partial charge on any atom is 0.330 e. The fraction of sp³-hybridized carbons (Fsp3) is 0.300. The van der Waals surface area contributed by atoms with Crippen LogP contribution in [0.4, 0.5) is 0 Å². The van der Waals surface area contributed by atoms with Crippen LogP contribution in [0.15, 0.2) is 35.3 Å². The Morgan fingerprint density at radius 1 is 1.04 bits per heavy atom. The highest BCUT2D eigenvalue weighted by Crippen LogP contribution is 2.37. The number of aliphatic imine (C=N–C) groups is 1. The predicted molar refractivity (Wildman–Crippen MR) is 97.3 cm³/mol. The first-order chi connectivity index (χ1) is 13.1. The van der Waals surface area contributed by atoms with Gasteiger partial charge in [0.2, 0.25) is 6.79 Å². The lowest BCUT2D eigenvalue weighted by molar-refractivity contribution is -0.142. The number of fused-ring (bicyclic) bond motifs is 2. The lowest BCUT2D eigenvalue weighted by atomic mass is 9.89. The van der Waals surface area contributed by atoms with Gasteiger partial charge in [-0.1, -0.05) is 0 Å². The van der Waals surface area contributed by atoms with Gasteiger partial charge in [0.1, 0.15) is 0 Å². The Balaban J connectivity index is 1.87. The zero-order valence-electron chi connectivity index (χ0n) is 15.3. The SMILES string of the molecule is COC(=O)[C@@H]1Cc2cc(OC)c(OC)cc2C(c2ccc3c(c2)OCO3)=N1. The Hall–Kier alpha value is -3.22. The Morgan fingerprint density at radius 2 is 1.78 bits per heavy atom. The second-order valence-corrected chi connectivity index (χ2v) is 6.15. The minimum Gasteiger partial charge on any atom is -0.493 e. The minimum absolute atomic E-state index is 0.192. The van der Waals surface area contributed by atoms with E-state index < -0.39 is 6.04 Å². The maximum absolute atomic E-state index is 12.2. The van der Waals surface area contributed by atoms with Crippen molar-refractivity contribution >= 4 is 11.7 Å². The molecular weight excluding hydrogens is 350 g/mol. The minimum atomic E-state index is -0.624. The van der Waals surface area contributed by atoms with Gasteiger partial charge in [-0.25, -0.2) is 4.79 Å². The summed E-state index contributed by atoms with van der Waals surface area (Å²) in [6, 6.07) is 8.73. The summed E-state index contributed by atoms with van der Waals surface area (Å²) < 4.78 is 26.6. The van der Waals surface area contributed by atoms with Gasteiger partial charge in [0.25, 0.3) is 0 Å². The van der Waals surface area contributed by atoms with Gasteiger partial charge in [-0.3, -0.25) is 4.99 Å². The number of carbonyl (C=O) groups is 1. The standard InChI is InChI=1S/C20H19NO6/c1-23-16-8-12-6-14(20(22)25-3)21-19(13(12)9-17(16)24-2)11-4-5-15-18(7-11)27-10-26-15/h4-5,7-9,14H,6,10H2,1-3H3/t14-/m0/s1. The first-order valence-electron chi connectivity index (χ1n) is 8.45. The molecule has 2 aromatic carbocycles. The Labute approximate surface area is 156 Å². The molecule has 0 saturated heterocycles. The molecule has 4 rings (SSSR count). The van der Waals surface area contributed by atoms with Crippen LogP contribution < -0.4 is 18.9 Å². The largest absolute Gasteiger partial charge is 0.493 e. The van der Waals surface area contributed by atoms with E-state index in [0.717, 1.165) is 16.7 Å². The number of ether oxygens (including phenoxy) is 5. The molecule has 0 saturated carbocycles. The molecule has 140 valence electrons. The van der Waals surface area contributed by atoms with Gasteiger partial charge in [0, 0.05) is 17.5 Å². The number of hydrogen-bond donors (Lipinski definition) is 0. The van der Waals surface area contributed by atoms with Crippen LogP contribution in [0, 0.1) is 0 Å². The fourth-order valence-corrected chi connectivity index (χ4v) is 3.34. The summed E-state index contributed by atoms with van der Waals surface area (Å²) in [6.45, 7) is 0.192. The average Bonchev–Trinajstić information content (AvgIpc) is 3.18. The van der Waals surface area contributed by atoms with E-state index in [0.29, 0.717) is 35.1 Å². The predicted octanol–water partition coefficient (Wildman–Crippen LogP) is 2.37. The van der Waals surface area contributed by atoms with E-state index in [1.165, 1.54) is 7.11 Å². The molecule has 0 aliphatic carbocycles. The van der Waals surface area contributed by atoms with Crippen molar-refractivity contribution in [1.82, 2.24) is 0 Å². The van der Waals surface area contributed by atoms with Crippen molar-refractivity contribution < 1.29 is 28.5 Å². The van der Waals surface area contributed by atoms with Gasteiger partial charge in [-0.2, -0.15) is 0 Å². The molecule has 0 N–H and O–H groups in total. The molecule has 27 heavy (non-hydrogen) atoms. The van der Waals surface area contributed by atoms with E-state index >= 15 is 0 Å². The molecule has 2 aliphatic rings. The number of carbonyl (C=O) groups excluding carboxylic acids is 1. The average molecular weight is 369 g/mol. The molecule has 2 heterocycles. The zero-order chi connectivity index (χ0) is 19.0. The molecule has 0 unspecified atom stereocenters. The van der Waals surface area contributed by atoms with Crippen LogP contribution in [0.5, 0.6) is 23.0 Å². The smallest absolute Gasteiger partial charge is 0.330 e. The molecule has 0 aromatic heterocycles. The van der Waals surface area contributed by atoms with Gasteiger partial charge in [0.05, 0.1) is 27.0 Å². The number of rotatable bonds is 4. The number of hydrogen-bond acceptors (Lipinski definition) is 7. The molecule has 0 amide bonds. The molecule has 2 aliphatic heterocycles. The summed E-state index contributed by atoms with van der Waals surface area (Å²) in [7, 11) is 4.53. The van der Waals surface area contributed by atoms with Gasteiger partial charge in [-0.15, -0.1) is 0 Å². The van der Waals surface area contributed by atoms with E-state index in [-0.39, 0.29) is 12.8 Å². The number of methoxy groups -OCH3 is 3. The molecule has 0 bridgehead atoms. The third kappa shape index (κ3) is 2.95. The molecule has 1 atom stereocenters. The normalized spacial score (nSPS) is 17.0. The molecule has 0 fully saturated rings. The number of esters is 1. The van der Waals surface area contributed by atoms with E-state index in [2.05, 4.69) is 4.99 Å². The lowest BCUT2D eigenvalue weighted by Gasteiger charge is -2.24. The summed E-state index contributed by atoms with van der Waals surface area (Å²) in [4.78, 5) is 16.9. The van der Waals surface area contributed by atoms with Crippen molar-refractivity contribution in [3.8, 4) is 23.0 Å².